The van der Waals surface area contributed by atoms with Crippen molar-refractivity contribution in [3.8, 4) is 0 Å². The summed E-state index contributed by atoms with van der Waals surface area (Å²) in [6.07, 6.45) is 4.41. The minimum Gasteiger partial charge on any atom is -0.351 e. The van der Waals surface area contributed by atoms with Crippen molar-refractivity contribution in [1.29, 1.82) is 0 Å². The highest BCUT2D eigenvalue weighted by atomic mass is 16.2. The van der Waals surface area contributed by atoms with Gasteiger partial charge in [-0.25, -0.2) is 0 Å². The molecule has 4 nitrogen and oxygen atoms in total. The minimum absolute atomic E-state index is 0.0540. The van der Waals surface area contributed by atoms with Crippen LogP contribution in [0.1, 0.15) is 50.7 Å². The van der Waals surface area contributed by atoms with Crippen molar-refractivity contribution >= 4 is 11.8 Å². The fourth-order valence-electron chi connectivity index (χ4n) is 2.97. The lowest BCUT2D eigenvalue weighted by molar-refractivity contribution is -0.148. The predicted octanol–water partition coefficient (Wildman–Crippen LogP) is 3.04. The molecule has 1 aliphatic rings. The summed E-state index contributed by atoms with van der Waals surface area (Å²) in [5, 5.41) is 2.93. The molecule has 0 unspecified atom stereocenters. The van der Waals surface area contributed by atoms with Gasteiger partial charge in [-0.2, -0.15) is 0 Å². The van der Waals surface area contributed by atoms with Gasteiger partial charge in [0.1, 0.15) is 5.41 Å². The van der Waals surface area contributed by atoms with E-state index in [2.05, 4.69) is 5.32 Å². The first kappa shape index (κ1) is 17.5. The molecule has 1 N–H and O–H groups in total. The zero-order chi connectivity index (χ0) is 16.9. The molecule has 1 aromatic rings. The van der Waals surface area contributed by atoms with Crippen LogP contribution in [0.15, 0.2) is 24.3 Å². The van der Waals surface area contributed by atoms with Crippen molar-refractivity contribution in [3.05, 3.63) is 35.4 Å². The van der Waals surface area contributed by atoms with E-state index in [1.165, 1.54) is 12.8 Å². The molecule has 1 saturated heterocycles. The van der Waals surface area contributed by atoms with E-state index in [9.17, 15) is 9.59 Å². The number of nitrogens with one attached hydrogen (secondary N) is 1. The van der Waals surface area contributed by atoms with E-state index in [1.54, 1.807) is 13.8 Å². The first-order chi connectivity index (χ1) is 10.9. The van der Waals surface area contributed by atoms with Gasteiger partial charge in [0.2, 0.25) is 11.8 Å². The Kier molecular flexibility index (Phi) is 5.80. The van der Waals surface area contributed by atoms with Crippen LogP contribution in [0.3, 0.4) is 0 Å². The molecule has 2 amide bonds. The van der Waals surface area contributed by atoms with Crippen molar-refractivity contribution in [1.82, 2.24) is 10.2 Å². The summed E-state index contributed by atoms with van der Waals surface area (Å²) < 4.78 is 0. The fraction of sp³-hybridized carbons (Fsp3) is 0.579. The summed E-state index contributed by atoms with van der Waals surface area (Å²) in [5.41, 5.74) is 1.20. The molecule has 2 rings (SSSR count). The van der Waals surface area contributed by atoms with Crippen LogP contribution in [0.5, 0.6) is 0 Å². The van der Waals surface area contributed by atoms with Gasteiger partial charge in [-0.15, -0.1) is 0 Å². The lowest BCUT2D eigenvalue weighted by Gasteiger charge is -2.30. The van der Waals surface area contributed by atoms with Crippen LogP contribution in [0.25, 0.3) is 0 Å². The second kappa shape index (κ2) is 7.62. The van der Waals surface area contributed by atoms with Gasteiger partial charge in [0, 0.05) is 19.6 Å². The Bertz CT molecular complexity index is 558. The number of likely N-dealkylation sites (tertiary alicyclic amines) is 1. The SMILES string of the molecule is Cc1ccccc1CNC(=O)C(C)(C)C(=O)N1CCCCCC1. The van der Waals surface area contributed by atoms with Crippen LogP contribution in [0.4, 0.5) is 0 Å². The molecule has 1 fully saturated rings. The third kappa shape index (κ3) is 4.34. The summed E-state index contributed by atoms with van der Waals surface area (Å²) in [6, 6.07) is 7.96. The largest absolute Gasteiger partial charge is 0.351 e. The first-order valence-electron chi connectivity index (χ1n) is 8.55. The zero-order valence-electron chi connectivity index (χ0n) is 14.5. The van der Waals surface area contributed by atoms with Crippen LogP contribution in [-0.4, -0.2) is 29.8 Å². The molecule has 1 heterocycles. The normalized spacial score (nSPS) is 15.9. The van der Waals surface area contributed by atoms with E-state index in [-0.39, 0.29) is 11.8 Å². The third-order valence-corrected chi connectivity index (χ3v) is 4.70. The van der Waals surface area contributed by atoms with Gasteiger partial charge in [0.05, 0.1) is 0 Å². The van der Waals surface area contributed by atoms with Crippen LogP contribution >= 0.6 is 0 Å². The van der Waals surface area contributed by atoms with Crippen molar-refractivity contribution in [2.45, 2.75) is 53.0 Å². The Hall–Kier alpha value is -1.84. The van der Waals surface area contributed by atoms with Gasteiger partial charge in [-0.3, -0.25) is 9.59 Å². The number of aryl methyl sites for hydroxylation is 1. The molecule has 0 atom stereocenters. The molecule has 0 saturated carbocycles. The van der Waals surface area contributed by atoms with Crippen LogP contribution in [0.2, 0.25) is 0 Å². The maximum Gasteiger partial charge on any atom is 0.237 e. The molecule has 23 heavy (non-hydrogen) atoms. The monoisotopic (exact) mass is 316 g/mol. The second-order valence-corrected chi connectivity index (χ2v) is 6.94. The quantitative estimate of drug-likeness (QED) is 0.868. The minimum atomic E-state index is -1.02. The van der Waals surface area contributed by atoms with Crippen molar-refractivity contribution in [3.63, 3.8) is 0 Å². The van der Waals surface area contributed by atoms with Gasteiger partial charge >= 0.3 is 0 Å². The summed E-state index contributed by atoms with van der Waals surface area (Å²) in [7, 11) is 0. The van der Waals surface area contributed by atoms with E-state index in [4.69, 9.17) is 0 Å². The third-order valence-electron chi connectivity index (χ3n) is 4.70. The van der Waals surface area contributed by atoms with E-state index >= 15 is 0 Å². The standard InChI is InChI=1S/C19H28N2O2/c1-15-10-6-7-11-16(15)14-20-17(22)19(2,3)18(23)21-12-8-4-5-9-13-21/h6-7,10-11H,4-5,8-9,12-14H2,1-3H3,(H,20,22). The van der Waals surface area contributed by atoms with Gasteiger partial charge in [0.25, 0.3) is 0 Å². The van der Waals surface area contributed by atoms with E-state index in [1.807, 2.05) is 36.1 Å². The number of hydrogen-bond acceptors (Lipinski definition) is 2. The molecular weight excluding hydrogens is 288 g/mol. The molecule has 0 spiro atoms. The number of rotatable bonds is 4. The molecule has 1 aliphatic heterocycles. The second-order valence-electron chi connectivity index (χ2n) is 6.94. The summed E-state index contributed by atoms with van der Waals surface area (Å²) in [5.74, 6) is -0.253. The van der Waals surface area contributed by atoms with Crippen LogP contribution < -0.4 is 5.32 Å². The summed E-state index contributed by atoms with van der Waals surface area (Å²) >= 11 is 0. The summed E-state index contributed by atoms with van der Waals surface area (Å²) in [6.45, 7) is 7.48. The zero-order valence-corrected chi connectivity index (χ0v) is 14.5. The van der Waals surface area contributed by atoms with Crippen LogP contribution in [-0.2, 0) is 16.1 Å². The van der Waals surface area contributed by atoms with Gasteiger partial charge in [-0.05, 0) is 44.7 Å². The van der Waals surface area contributed by atoms with Gasteiger partial charge in [0.15, 0.2) is 0 Å². The fourth-order valence-corrected chi connectivity index (χ4v) is 2.97. The number of nitrogens with zero attached hydrogens (tertiary/aromatic N) is 1. The van der Waals surface area contributed by atoms with Crippen molar-refractivity contribution in [2.24, 2.45) is 5.41 Å². The molecule has 0 radical (unpaired) electrons. The smallest absolute Gasteiger partial charge is 0.237 e. The van der Waals surface area contributed by atoms with E-state index in [0.717, 1.165) is 37.1 Å². The molecular formula is C19H28N2O2. The first-order valence-corrected chi connectivity index (χ1v) is 8.55. The number of carbonyl (C=O) groups is 2. The lowest BCUT2D eigenvalue weighted by Crippen LogP contribution is -2.49. The topological polar surface area (TPSA) is 49.4 Å². The summed E-state index contributed by atoms with van der Waals surface area (Å²) in [4.78, 5) is 27.2. The van der Waals surface area contributed by atoms with E-state index < -0.39 is 5.41 Å². The number of hydrogen-bond donors (Lipinski definition) is 1. The number of amides is 2. The number of carbonyl (C=O) groups excluding carboxylic acids is 2. The lowest BCUT2D eigenvalue weighted by atomic mass is 9.90. The Balaban J connectivity index is 1.98. The number of benzene rings is 1. The molecule has 4 heteroatoms. The average molecular weight is 316 g/mol. The molecule has 0 bridgehead atoms. The molecule has 126 valence electrons. The molecule has 0 aliphatic carbocycles. The Morgan fingerprint density at radius 3 is 2.30 bits per heavy atom. The molecule has 0 aromatic heterocycles. The highest BCUT2D eigenvalue weighted by molar-refractivity contribution is 6.04. The highest BCUT2D eigenvalue weighted by Crippen LogP contribution is 2.22. The van der Waals surface area contributed by atoms with Gasteiger partial charge < -0.3 is 10.2 Å². The molecule has 1 aromatic carbocycles. The van der Waals surface area contributed by atoms with Crippen LogP contribution in [0, 0.1) is 12.3 Å². The van der Waals surface area contributed by atoms with Gasteiger partial charge in [-0.1, -0.05) is 37.1 Å². The van der Waals surface area contributed by atoms with Crippen molar-refractivity contribution < 1.29 is 9.59 Å². The van der Waals surface area contributed by atoms with E-state index in [0.29, 0.717) is 6.54 Å². The maximum absolute atomic E-state index is 12.8. The Morgan fingerprint density at radius 2 is 1.70 bits per heavy atom. The maximum atomic E-state index is 12.8. The van der Waals surface area contributed by atoms with Crippen molar-refractivity contribution in [2.75, 3.05) is 13.1 Å². The Morgan fingerprint density at radius 1 is 1.09 bits per heavy atom. The Labute approximate surface area is 139 Å². The highest BCUT2D eigenvalue weighted by Gasteiger charge is 2.39. The predicted molar refractivity (Wildman–Crippen MR) is 91.9 cm³/mol. The average Bonchev–Trinajstić information content (AvgIpc) is 2.82.